The number of amides is 2. The number of hydrogen-bond acceptors (Lipinski definition) is 3. The van der Waals surface area contributed by atoms with Crippen LogP contribution in [0, 0.1) is 5.92 Å². The molecule has 0 bridgehead atoms. The lowest BCUT2D eigenvalue weighted by atomic mass is 9.99. The molecule has 0 radical (unpaired) electrons. The van der Waals surface area contributed by atoms with E-state index >= 15 is 0 Å². The molecular weight excluding hydrogens is 313 g/mol. The summed E-state index contributed by atoms with van der Waals surface area (Å²) in [5.74, 6) is -1.56. The van der Waals surface area contributed by atoms with Crippen LogP contribution in [0.3, 0.4) is 0 Å². The number of primary amides is 1. The highest BCUT2D eigenvalue weighted by molar-refractivity contribution is 5.87. The average molecular weight is 332 g/mol. The fourth-order valence-electron chi connectivity index (χ4n) is 1.86. The number of rotatable bonds is 7. The number of ether oxygens (including phenoxy) is 1. The predicted molar refractivity (Wildman–Crippen MR) is 77.5 cm³/mol. The molecule has 23 heavy (non-hydrogen) atoms. The molecule has 128 valence electrons. The number of hydrogen-bond donors (Lipinski definition) is 2. The molecule has 0 aliphatic rings. The molecule has 1 rings (SSSR count). The van der Waals surface area contributed by atoms with Crippen molar-refractivity contribution in [2.24, 2.45) is 11.7 Å². The van der Waals surface area contributed by atoms with E-state index in [-0.39, 0.29) is 11.7 Å². The molecule has 0 spiro atoms. The third kappa shape index (κ3) is 5.80. The molecule has 8 heteroatoms. The van der Waals surface area contributed by atoms with Gasteiger partial charge in [-0.1, -0.05) is 26.3 Å². The highest BCUT2D eigenvalue weighted by atomic mass is 19.4. The largest absolute Gasteiger partial charge is 0.484 e. The Hall–Kier alpha value is -2.25. The summed E-state index contributed by atoms with van der Waals surface area (Å²) >= 11 is 0. The summed E-state index contributed by atoms with van der Waals surface area (Å²) in [6.45, 7) is 3.08. The molecule has 1 aromatic rings. The van der Waals surface area contributed by atoms with E-state index in [1.807, 2.05) is 6.92 Å². The topological polar surface area (TPSA) is 81.4 Å². The normalized spacial score (nSPS) is 14.0. The van der Waals surface area contributed by atoms with Crippen LogP contribution in [0.25, 0.3) is 0 Å². The van der Waals surface area contributed by atoms with E-state index in [1.165, 1.54) is 12.1 Å². The first-order chi connectivity index (χ1) is 10.6. The van der Waals surface area contributed by atoms with Gasteiger partial charge in [0.05, 0.1) is 5.56 Å². The molecule has 2 atom stereocenters. The Labute approximate surface area is 132 Å². The van der Waals surface area contributed by atoms with E-state index in [2.05, 4.69) is 5.32 Å². The van der Waals surface area contributed by atoms with Gasteiger partial charge in [0.15, 0.2) is 6.61 Å². The molecule has 0 aromatic heterocycles. The Morgan fingerprint density at radius 2 is 2.00 bits per heavy atom. The lowest BCUT2D eigenvalue weighted by Crippen LogP contribution is -2.49. The highest BCUT2D eigenvalue weighted by Gasteiger charge is 2.30. The molecule has 0 saturated heterocycles. The van der Waals surface area contributed by atoms with E-state index in [0.29, 0.717) is 6.42 Å². The number of alkyl halides is 3. The van der Waals surface area contributed by atoms with Gasteiger partial charge in [0.2, 0.25) is 5.91 Å². The Balaban J connectivity index is 2.64. The number of carbonyl (C=O) groups is 2. The fourth-order valence-corrected chi connectivity index (χ4v) is 1.86. The van der Waals surface area contributed by atoms with Crippen molar-refractivity contribution >= 4 is 11.8 Å². The van der Waals surface area contributed by atoms with Crippen LogP contribution in [-0.4, -0.2) is 24.5 Å². The summed E-state index contributed by atoms with van der Waals surface area (Å²) in [6, 6.07) is 3.34. The van der Waals surface area contributed by atoms with E-state index < -0.39 is 36.2 Å². The molecule has 0 heterocycles. The zero-order chi connectivity index (χ0) is 17.6. The lowest BCUT2D eigenvalue weighted by Gasteiger charge is -2.21. The van der Waals surface area contributed by atoms with Crippen molar-refractivity contribution < 1.29 is 27.5 Å². The quantitative estimate of drug-likeness (QED) is 0.802. The fraction of sp³-hybridized carbons (Fsp3) is 0.467. The van der Waals surface area contributed by atoms with Crippen molar-refractivity contribution in [3.8, 4) is 5.75 Å². The van der Waals surface area contributed by atoms with Crippen molar-refractivity contribution in [3.05, 3.63) is 29.8 Å². The third-order valence-electron chi connectivity index (χ3n) is 3.37. The zero-order valence-electron chi connectivity index (χ0n) is 12.8. The van der Waals surface area contributed by atoms with Crippen molar-refractivity contribution in [1.82, 2.24) is 5.32 Å². The van der Waals surface area contributed by atoms with E-state index in [9.17, 15) is 22.8 Å². The van der Waals surface area contributed by atoms with Crippen LogP contribution in [0.2, 0.25) is 0 Å². The molecule has 0 fully saturated rings. The zero-order valence-corrected chi connectivity index (χ0v) is 12.8. The Morgan fingerprint density at radius 1 is 1.35 bits per heavy atom. The van der Waals surface area contributed by atoms with E-state index in [1.54, 1.807) is 6.92 Å². The van der Waals surface area contributed by atoms with Crippen molar-refractivity contribution in [1.29, 1.82) is 0 Å². The first-order valence-corrected chi connectivity index (χ1v) is 7.03. The molecule has 0 aliphatic heterocycles. The second-order valence-corrected chi connectivity index (χ2v) is 5.15. The van der Waals surface area contributed by atoms with Gasteiger partial charge in [0.1, 0.15) is 11.8 Å². The summed E-state index contributed by atoms with van der Waals surface area (Å²) in [4.78, 5) is 23.1. The molecule has 0 aliphatic carbocycles. The van der Waals surface area contributed by atoms with E-state index in [4.69, 9.17) is 10.5 Å². The minimum Gasteiger partial charge on any atom is -0.484 e. The summed E-state index contributed by atoms with van der Waals surface area (Å²) in [7, 11) is 0. The Kier molecular flexibility index (Phi) is 6.41. The van der Waals surface area contributed by atoms with E-state index in [0.717, 1.165) is 12.1 Å². The van der Waals surface area contributed by atoms with Gasteiger partial charge < -0.3 is 15.8 Å². The van der Waals surface area contributed by atoms with Crippen LogP contribution < -0.4 is 15.8 Å². The molecule has 1 aromatic carbocycles. The van der Waals surface area contributed by atoms with Crippen LogP contribution in [-0.2, 0) is 15.8 Å². The van der Waals surface area contributed by atoms with Crippen LogP contribution >= 0.6 is 0 Å². The maximum Gasteiger partial charge on any atom is 0.416 e. The SMILES string of the molecule is CCC(C)C(NC(=O)COc1cccc(C(F)(F)F)c1)C(N)=O. The summed E-state index contributed by atoms with van der Waals surface area (Å²) in [5.41, 5.74) is 4.35. The number of nitrogens with one attached hydrogen (secondary N) is 1. The number of nitrogens with two attached hydrogens (primary N) is 1. The van der Waals surface area contributed by atoms with Crippen LogP contribution in [0.15, 0.2) is 24.3 Å². The second-order valence-electron chi connectivity index (χ2n) is 5.15. The van der Waals surface area contributed by atoms with Gasteiger partial charge in [-0.05, 0) is 24.1 Å². The molecular formula is C15H19F3N2O3. The number of halogens is 3. The minimum atomic E-state index is -4.49. The van der Waals surface area contributed by atoms with Gasteiger partial charge in [-0.25, -0.2) is 0 Å². The lowest BCUT2D eigenvalue weighted by molar-refractivity contribution is -0.137. The standard InChI is InChI=1S/C15H19F3N2O3/c1-3-9(2)13(14(19)22)20-12(21)8-23-11-6-4-5-10(7-11)15(16,17)18/h4-7,9,13H,3,8H2,1-2H3,(H2,19,22)(H,20,21). The minimum absolute atomic E-state index is 0.0888. The summed E-state index contributed by atoms with van der Waals surface area (Å²) < 4.78 is 42.7. The first-order valence-electron chi connectivity index (χ1n) is 7.03. The van der Waals surface area contributed by atoms with Gasteiger partial charge in [-0.3, -0.25) is 9.59 Å². The summed E-state index contributed by atoms with van der Waals surface area (Å²) in [5, 5.41) is 2.42. The second kappa shape index (κ2) is 7.85. The Morgan fingerprint density at radius 3 is 2.52 bits per heavy atom. The van der Waals surface area contributed by atoms with Crippen LogP contribution in [0.4, 0.5) is 13.2 Å². The monoisotopic (exact) mass is 332 g/mol. The van der Waals surface area contributed by atoms with Crippen LogP contribution in [0.5, 0.6) is 5.75 Å². The van der Waals surface area contributed by atoms with Gasteiger partial charge in [-0.15, -0.1) is 0 Å². The van der Waals surface area contributed by atoms with Gasteiger partial charge in [0, 0.05) is 0 Å². The molecule has 5 nitrogen and oxygen atoms in total. The summed E-state index contributed by atoms with van der Waals surface area (Å²) in [6.07, 6.45) is -3.86. The number of carbonyl (C=O) groups excluding carboxylic acids is 2. The van der Waals surface area contributed by atoms with Crippen molar-refractivity contribution in [3.63, 3.8) is 0 Å². The first kappa shape index (κ1) is 18.8. The maximum absolute atomic E-state index is 12.6. The molecule has 2 amide bonds. The maximum atomic E-state index is 12.6. The molecule has 3 N–H and O–H groups in total. The predicted octanol–water partition coefficient (Wildman–Crippen LogP) is 2.10. The average Bonchev–Trinajstić information content (AvgIpc) is 2.49. The van der Waals surface area contributed by atoms with Crippen LogP contribution in [0.1, 0.15) is 25.8 Å². The highest BCUT2D eigenvalue weighted by Crippen LogP contribution is 2.31. The number of benzene rings is 1. The Bertz CT molecular complexity index is 561. The third-order valence-corrected chi connectivity index (χ3v) is 3.37. The smallest absolute Gasteiger partial charge is 0.416 e. The van der Waals surface area contributed by atoms with Gasteiger partial charge in [0.25, 0.3) is 5.91 Å². The van der Waals surface area contributed by atoms with Gasteiger partial charge >= 0.3 is 6.18 Å². The molecule has 0 saturated carbocycles. The van der Waals surface area contributed by atoms with Crippen molar-refractivity contribution in [2.45, 2.75) is 32.5 Å². The van der Waals surface area contributed by atoms with Crippen molar-refractivity contribution in [2.75, 3.05) is 6.61 Å². The molecule has 2 unspecified atom stereocenters. The van der Waals surface area contributed by atoms with Gasteiger partial charge in [-0.2, -0.15) is 13.2 Å².